The molecule has 1 unspecified atom stereocenters. The van der Waals surface area contributed by atoms with Crippen LogP contribution in [0.5, 0.6) is 11.5 Å². The Hall–Kier alpha value is -3.06. The number of esters is 1. The fraction of sp³-hybridized carbons (Fsp3) is 0.250. The molecule has 0 saturated heterocycles. The number of halogens is 1. The lowest BCUT2D eigenvalue weighted by molar-refractivity contribution is -0.132. The van der Waals surface area contributed by atoms with Gasteiger partial charge < -0.3 is 20.1 Å². The summed E-state index contributed by atoms with van der Waals surface area (Å²) >= 11 is 5.80. The van der Waals surface area contributed by atoms with Crippen LogP contribution < -0.4 is 20.1 Å². The first kappa shape index (κ1) is 21.2. The van der Waals surface area contributed by atoms with Crippen molar-refractivity contribution >= 4 is 29.4 Å². The lowest BCUT2D eigenvalue weighted by Crippen LogP contribution is -2.40. The number of rotatable bonds is 8. The van der Waals surface area contributed by atoms with E-state index in [1.54, 1.807) is 49.4 Å². The van der Waals surface area contributed by atoms with Crippen LogP contribution in [0.15, 0.2) is 48.5 Å². The molecular weight excluding hydrogens is 384 g/mol. The topological polar surface area (TPSA) is 93.7 Å². The van der Waals surface area contributed by atoms with E-state index in [4.69, 9.17) is 21.1 Å². The quantitative estimate of drug-likeness (QED) is 0.400. The van der Waals surface area contributed by atoms with Crippen LogP contribution in [0.4, 0.5) is 0 Å². The van der Waals surface area contributed by atoms with E-state index in [1.807, 2.05) is 0 Å². The van der Waals surface area contributed by atoms with Crippen molar-refractivity contribution in [2.24, 2.45) is 0 Å². The number of nitrogens with one attached hydrogen (secondary N) is 2. The molecule has 2 aromatic carbocycles. The van der Waals surface area contributed by atoms with Crippen molar-refractivity contribution in [3.8, 4) is 11.5 Å². The summed E-state index contributed by atoms with van der Waals surface area (Å²) in [6, 6.07) is 13.0. The fourth-order valence-electron chi connectivity index (χ4n) is 2.25. The highest BCUT2D eigenvalue weighted by atomic mass is 35.5. The summed E-state index contributed by atoms with van der Waals surface area (Å²) in [5, 5.41) is 5.95. The van der Waals surface area contributed by atoms with Crippen molar-refractivity contribution in [1.82, 2.24) is 10.6 Å². The lowest BCUT2D eigenvalue weighted by Gasteiger charge is -2.15. The molecule has 2 N–H and O–H groups in total. The van der Waals surface area contributed by atoms with Gasteiger partial charge in [-0.05, 0) is 49.4 Å². The van der Waals surface area contributed by atoms with E-state index >= 15 is 0 Å². The van der Waals surface area contributed by atoms with Crippen LogP contribution in [0.2, 0.25) is 5.02 Å². The van der Waals surface area contributed by atoms with Crippen molar-refractivity contribution in [2.75, 3.05) is 13.1 Å². The number of amides is 2. The molecule has 1 atom stereocenters. The molecule has 0 bridgehead atoms. The molecule has 8 heteroatoms. The Bertz CT molecular complexity index is 839. The Morgan fingerprint density at radius 3 is 2.36 bits per heavy atom. The Morgan fingerprint density at radius 2 is 1.68 bits per heavy atom. The molecule has 0 saturated carbocycles. The van der Waals surface area contributed by atoms with Gasteiger partial charge in [0.1, 0.15) is 11.5 Å². The minimum absolute atomic E-state index is 0.232. The highest BCUT2D eigenvalue weighted by Crippen LogP contribution is 2.16. The molecule has 148 valence electrons. The predicted octanol–water partition coefficient (Wildman–Crippen LogP) is 2.58. The zero-order chi connectivity index (χ0) is 20.5. The molecule has 2 amide bonds. The van der Waals surface area contributed by atoms with Crippen molar-refractivity contribution in [3.63, 3.8) is 0 Å². The maximum Gasteiger partial charge on any atom is 0.308 e. The van der Waals surface area contributed by atoms with Gasteiger partial charge >= 0.3 is 5.97 Å². The van der Waals surface area contributed by atoms with Gasteiger partial charge in [0.25, 0.3) is 11.8 Å². The molecule has 7 nitrogen and oxygen atoms in total. The summed E-state index contributed by atoms with van der Waals surface area (Å²) in [6.07, 6.45) is -0.697. The standard InChI is InChI=1S/C20H21ClN2O5/c1-13(27-17-8-6-16(21)7-9-17)19(25)22-10-11-23-20(26)15-4-3-5-18(12-15)28-14(2)24/h3-9,12-13H,10-11H2,1-2H3,(H,22,25)(H,23,26). The molecule has 0 fully saturated rings. The first-order chi connectivity index (χ1) is 13.3. The van der Waals surface area contributed by atoms with E-state index in [1.165, 1.54) is 13.0 Å². The van der Waals surface area contributed by atoms with Crippen molar-refractivity contribution < 1.29 is 23.9 Å². The maximum atomic E-state index is 12.1. The van der Waals surface area contributed by atoms with Crippen LogP contribution in [0, 0.1) is 0 Å². The summed E-state index contributed by atoms with van der Waals surface area (Å²) in [7, 11) is 0. The highest BCUT2D eigenvalue weighted by molar-refractivity contribution is 6.30. The van der Waals surface area contributed by atoms with Gasteiger partial charge in [-0.2, -0.15) is 0 Å². The summed E-state index contributed by atoms with van der Waals surface area (Å²) < 4.78 is 10.5. The predicted molar refractivity (Wildman–Crippen MR) is 105 cm³/mol. The second-order valence-corrected chi connectivity index (χ2v) is 6.32. The third-order valence-electron chi connectivity index (χ3n) is 3.56. The smallest absolute Gasteiger partial charge is 0.308 e. The number of hydrogen-bond donors (Lipinski definition) is 2. The molecule has 2 rings (SSSR count). The van der Waals surface area contributed by atoms with Crippen LogP contribution in [-0.2, 0) is 9.59 Å². The molecule has 0 aromatic heterocycles. The molecule has 0 heterocycles. The van der Waals surface area contributed by atoms with Crippen LogP contribution >= 0.6 is 11.6 Å². The zero-order valence-corrected chi connectivity index (χ0v) is 16.3. The van der Waals surface area contributed by atoms with Crippen molar-refractivity contribution in [1.29, 1.82) is 0 Å². The minimum Gasteiger partial charge on any atom is -0.481 e. The van der Waals surface area contributed by atoms with Crippen LogP contribution in [0.1, 0.15) is 24.2 Å². The minimum atomic E-state index is -0.697. The van der Waals surface area contributed by atoms with E-state index in [0.717, 1.165) is 0 Å². The van der Waals surface area contributed by atoms with Crippen molar-refractivity contribution in [2.45, 2.75) is 20.0 Å². The molecule has 0 aliphatic rings. The summed E-state index contributed by atoms with van der Waals surface area (Å²) in [5.41, 5.74) is 0.351. The van der Waals surface area contributed by atoms with Gasteiger partial charge in [-0.25, -0.2) is 0 Å². The number of carbonyl (C=O) groups excluding carboxylic acids is 3. The zero-order valence-electron chi connectivity index (χ0n) is 15.5. The van der Waals surface area contributed by atoms with E-state index in [2.05, 4.69) is 10.6 Å². The second kappa shape index (κ2) is 10.3. The monoisotopic (exact) mass is 404 g/mol. The Kier molecular flexibility index (Phi) is 7.83. The fourth-order valence-corrected chi connectivity index (χ4v) is 2.37. The first-order valence-electron chi connectivity index (χ1n) is 8.62. The van der Waals surface area contributed by atoms with Gasteiger partial charge in [0.2, 0.25) is 0 Å². The summed E-state index contributed by atoms with van der Waals surface area (Å²) in [5.74, 6) is -0.278. The van der Waals surface area contributed by atoms with E-state index in [0.29, 0.717) is 22.1 Å². The Balaban J connectivity index is 1.74. The third-order valence-corrected chi connectivity index (χ3v) is 3.82. The van der Waals surface area contributed by atoms with E-state index < -0.39 is 12.1 Å². The second-order valence-electron chi connectivity index (χ2n) is 5.88. The van der Waals surface area contributed by atoms with Crippen LogP contribution in [0.25, 0.3) is 0 Å². The molecule has 0 aliphatic heterocycles. The Labute approximate surface area is 168 Å². The van der Waals surface area contributed by atoms with Gasteiger partial charge in [-0.3, -0.25) is 14.4 Å². The largest absolute Gasteiger partial charge is 0.481 e. The number of hydrogen-bond acceptors (Lipinski definition) is 5. The molecule has 2 aromatic rings. The van der Waals surface area contributed by atoms with Gasteiger partial charge in [-0.15, -0.1) is 0 Å². The molecule has 0 aliphatic carbocycles. The first-order valence-corrected chi connectivity index (χ1v) is 8.99. The van der Waals surface area contributed by atoms with Crippen LogP contribution in [0.3, 0.4) is 0 Å². The number of ether oxygens (including phenoxy) is 2. The third kappa shape index (κ3) is 6.92. The lowest BCUT2D eigenvalue weighted by atomic mass is 10.2. The summed E-state index contributed by atoms with van der Waals surface area (Å²) in [6.45, 7) is 3.38. The number of benzene rings is 2. The summed E-state index contributed by atoms with van der Waals surface area (Å²) in [4.78, 5) is 35.2. The molecule has 28 heavy (non-hydrogen) atoms. The van der Waals surface area contributed by atoms with Gasteiger partial charge in [0.05, 0.1) is 0 Å². The SMILES string of the molecule is CC(=O)Oc1cccc(C(=O)NCCNC(=O)C(C)Oc2ccc(Cl)cc2)c1. The maximum absolute atomic E-state index is 12.1. The highest BCUT2D eigenvalue weighted by Gasteiger charge is 2.14. The Morgan fingerprint density at radius 1 is 1.00 bits per heavy atom. The van der Waals surface area contributed by atoms with Gasteiger partial charge in [0, 0.05) is 30.6 Å². The van der Waals surface area contributed by atoms with Crippen LogP contribution in [-0.4, -0.2) is 37.0 Å². The number of carbonyl (C=O) groups is 3. The molecule has 0 radical (unpaired) electrons. The van der Waals surface area contributed by atoms with E-state index in [9.17, 15) is 14.4 Å². The van der Waals surface area contributed by atoms with E-state index in [-0.39, 0.29) is 24.9 Å². The average molecular weight is 405 g/mol. The molecule has 0 spiro atoms. The normalized spacial score (nSPS) is 11.2. The van der Waals surface area contributed by atoms with Gasteiger partial charge in [-0.1, -0.05) is 17.7 Å². The van der Waals surface area contributed by atoms with Gasteiger partial charge in [0.15, 0.2) is 6.10 Å². The van der Waals surface area contributed by atoms with Crippen molar-refractivity contribution in [3.05, 3.63) is 59.1 Å². The average Bonchev–Trinajstić information content (AvgIpc) is 2.66. The molecular formula is C20H21ClN2O5.